The number of ether oxygens (including phenoxy) is 1. The molecule has 4 heteroatoms. The van der Waals surface area contributed by atoms with Gasteiger partial charge in [-0.3, -0.25) is 9.78 Å². The molecule has 0 N–H and O–H groups in total. The van der Waals surface area contributed by atoms with Crippen molar-refractivity contribution in [3.8, 4) is 5.75 Å². The van der Waals surface area contributed by atoms with Gasteiger partial charge in [-0.05, 0) is 18.2 Å². The minimum Gasteiger partial charge on any atom is -0.494 e. The summed E-state index contributed by atoms with van der Waals surface area (Å²) in [4.78, 5) is 16.3. The van der Waals surface area contributed by atoms with Crippen LogP contribution in [0.1, 0.15) is 16.1 Å². The summed E-state index contributed by atoms with van der Waals surface area (Å²) in [5.74, 6) is 0.522. The van der Waals surface area contributed by atoms with E-state index in [9.17, 15) is 4.79 Å². The number of ketones is 1. The Kier molecular flexibility index (Phi) is 2.76. The molecule has 2 aromatic heterocycles. The van der Waals surface area contributed by atoms with Gasteiger partial charge in [0, 0.05) is 11.6 Å². The maximum atomic E-state index is 12.4. The summed E-state index contributed by atoms with van der Waals surface area (Å²) in [5.41, 5.74) is 1.13. The van der Waals surface area contributed by atoms with Crippen molar-refractivity contribution in [2.75, 3.05) is 7.11 Å². The average Bonchev–Trinajstić information content (AvgIpc) is 2.90. The van der Waals surface area contributed by atoms with E-state index in [0.717, 1.165) is 5.39 Å². The molecule has 0 aliphatic rings. The molecule has 0 amide bonds. The molecule has 1 aromatic carbocycles. The molecule has 2 heterocycles. The number of carbonyl (C=O) groups excluding carboxylic acids is 1. The molecule has 4 nitrogen and oxygen atoms in total. The highest BCUT2D eigenvalue weighted by Crippen LogP contribution is 2.24. The Balaban J connectivity index is 2.08. The third-order valence-electron chi connectivity index (χ3n) is 2.90. The Morgan fingerprint density at radius 1 is 1.26 bits per heavy atom. The first-order valence-electron chi connectivity index (χ1n) is 5.81. The second kappa shape index (κ2) is 4.57. The van der Waals surface area contributed by atoms with Gasteiger partial charge in [0.2, 0.25) is 5.78 Å². The summed E-state index contributed by atoms with van der Waals surface area (Å²) in [6, 6.07) is 10.9. The van der Waals surface area contributed by atoms with E-state index in [-0.39, 0.29) is 5.78 Å². The highest BCUT2D eigenvalue weighted by atomic mass is 16.5. The second-order valence-corrected chi connectivity index (χ2v) is 4.05. The van der Waals surface area contributed by atoms with E-state index in [1.807, 2.05) is 24.3 Å². The van der Waals surface area contributed by atoms with Crippen LogP contribution in [-0.4, -0.2) is 17.9 Å². The molecule has 0 radical (unpaired) electrons. The molecule has 3 aromatic rings. The van der Waals surface area contributed by atoms with E-state index in [2.05, 4.69) is 4.98 Å². The summed E-state index contributed by atoms with van der Waals surface area (Å²) in [5, 5.41) is 0.902. The average molecular weight is 253 g/mol. The summed E-state index contributed by atoms with van der Waals surface area (Å²) in [7, 11) is 1.51. The fraction of sp³-hybridized carbons (Fsp3) is 0.0667. The molecule has 3 rings (SSSR count). The van der Waals surface area contributed by atoms with Gasteiger partial charge in [-0.1, -0.05) is 18.2 Å². The smallest absolute Gasteiger partial charge is 0.232 e. The Hall–Kier alpha value is -2.62. The van der Waals surface area contributed by atoms with Crippen LogP contribution in [0.3, 0.4) is 0 Å². The minimum atomic E-state index is -0.213. The molecule has 0 unspecified atom stereocenters. The van der Waals surface area contributed by atoms with Crippen LogP contribution in [0.2, 0.25) is 0 Å². The van der Waals surface area contributed by atoms with Crippen LogP contribution in [0.5, 0.6) is 5.75 Å². The lowest BCUT2D eigenvalue weighted by molar-refractivity contribution is 0.101. The molecular formula is C15H11NO3. The zero-order valence-corrected chi connectivity index (χ0v) is 10.3. The molecule has 0 saturated carbocycles. The van der Waals surface area contributed by atoms with Crippen LogP contribution in [0.4, 0.5) is 0 Å². The predicted octanol–water partition coefficient (Wildman–Crippen LogP) is 3.07. The molecule has 94 valence electrons. The van der Waals surface area contributed by atoms with E-state index in [1.54, 1.807) is 18.3 Å². The van der Waals surface area contributed by atoms with Crippen molar-refractivity contribution in [2.24, 2.45) is 0 Å². The zero-order chi connectivity index (χ0) is 13.2. The van der Waals surface area contributed by atoms with Crippen LogP contribution >= 0.6 is 0 Å². The number of para-hydroxylation sites is 1. The van der Waals surface area contributed by atoms with Gasteiger partial charge in [-0.25, -0.2) is 0 Å². The minimum absolute atomic E-state index is 0.213. The molecular weight excluding hydrogens is 242 g/mol. The van der Waals surface area contributed by atoms with Crippen molar-refractivity contribution in [3.63, 3.8) is 0 Å². The van der Waals surface area contributed by atoms with Gasteiger partial charge in [0.25, 0.3) is 0 Å². The van der Waals surface area contributed by atoms with Crippen molar-refractivity contribution in [1.29, 1.82) is 0 Å². The Labute approximate surface area is 109 Å². The van der Waals surface area contributed by atoms with E-state index < -0.39 is 0 Å². The monoisotopic (exact) mass is 253 g/mol. The third kappa shape index (κ3) is 1.97. The van der Waals surface area contributed by atoms with Crippen molar-refractivity contribution in [2.45, 2.75) is 0 Å². The first-order valence-corrected chi connectivity index (χ1v) is 5.81. The summed E-state index contributed by atoms with van der Waals surface area (Å²) in [6.07, 6.45) is 3.06. The Morgan fingerprint density at radius 2 is 2.11 bits per heavy atom. The molecule has 0 spiro atoms. The number of methoxy groups -OCH3 is 1. The number of furan rings is 1. The number of hydrogen-bond donors (Lipinski definition) is 0. The normalized spacial score (nSPS) is 10.6. The highest BCUT2D eigenvalue weighted by Gasteiger charge is 2.18. The molecule has 0 fully saturated rings. The van der Waals surface area contributed by atoms with Gasteiger partial charge in [-0.2, -0.15) is 0 Å². The number of aromatic nitrogens is 1. The second-order valence-electron chi connectivity index (χ2n) is 4.05. The van der Waals surface area contributed by atoms with Gasteiger partial charge >= 0.3 is 0 Å². The van der Waals surface area contributed by atoms with Crippen LogP contribution < -0.4 is 4.74 Å². The van der Waals surface area contributed by atoms with Gasteiger partial charge in [0.1, 0.15) is 11.3 Å². The number of nitrogens with zero attached hydrogens (tertiary/aromatic N) is 1. The first-order chi connectivity index (χ1) is 9.29. The summed E-state index contributed by atoms with van der Waals surface area (Å²) in [6.45, 7) is 0. The van der Waals surface area contributed by atoms with Crippen LogP contribution in [0.15, 0.2) is 53.2 Å². The number of carbonyl (C=O) groups is 1. The lowest BCUT2D eigenvalue weighted by atomic mass is 10.1. The van der Waals surface area contributed by atoms with Gasteiger partial charge in [0.15, 0.2) is 5.76 Å². The Bertz CT molecular complexity index is 713. The third-order valence-corrected chi connectivity index (χ3v) is 2.90. The van der Waals surface area contributed by atoms with E-state index in [4.69, 9.17) is 9.15 Å². The molecule has 19 heavy (non-hydrogen) atoms. The van der Waals surface area contributed by atoms with Crippen LogP contribution in [-0.2, 0) is 0 Å². The molecule has 0 bridgehead atoms. The topological polar surface area (TPSA) is 52.3 Å². The zero-order valence-electron chi connectivity index (χ0n) is 10.3. The Morgan fingerprint density at radius 3 is 2.89 bits per heavy atom. The lowest BCUT2D eigenvalue weighted by Crippen LogP contribution is -2.02. The maximum Gasteiger partial charge on any atom is 0.232 e. The van der Waals surface area contributed by atoms with Crippen molar-refractivity contribution < 1.29 is 13.9 Å². The molecule has 0 aliphatic heterocycles. The van der Waals surface area contributed by atoms with Gasteiger partial charge in [-0.15, -0.1) is 0 Å². The molecule has 0 saturated heterocycles. The first kappa shape index (κ1) is 11.5. The fourth-order valence-electron chi connectivity index (χ4n) is 1.96. The molecule has 0 atom stereocenters. The van der Waals surface area contributed by atoms with Gasteiger partial charge < -0.3 is 9.15 Å². The fourth-order valence-corrected chi connectivity index (χ4v) is 1.96. The summed E-state index contributed by atoms with van der Waals surface area (Å²) < 4.78 is 10.7. The van der Waals surface area contributed by atoms with Crippen molar-refractivity contribution in [3.05, 3.63) is 60.1 Å². The van der Waals surface area contributed by atoms with E-state index in [0.29, 0.717) is 22.7 Å². The number of rotatable bonds is 3. The lowest BCUT2D eigenvalue weighted by Gasteiger charge is -2.04. The quantitative estimate of drug-likeness (QED) is 0.673. The molecule has 0 aliphatic carbocycles. The van der Waals surface area contributed by atoms with Gasteiger partial charge in [0.05, 0.1) is 18.9 Å². The van der Waals surface area contributed by atoms with Crippen molar-refractivity contribution in [1.82, 2.24) is 4.98 Å². The predicted molar refractivity (Wildman–Crippen MR) is 70.4 cm³/mol. The highest BCUT2D eigenvalue weighted by molar-refractivity contribution is 6.10. The number of pyridine rings is 1. The van der Waals surface area contributed by atoms with E-state index >= 15 is 0 Å². The number of benzene rings is 1. The van der Waals surface area contributed by atoms with Crippen LogP contribution in [0, 0.1) is 0 Å². The number of hydrogen-bond acceptors (Lipinski definition) is 4. The van der Waals surface area contributed by atoms with Crippen molar-refractivity contribution >= 4 is 16.8 Å². The number of fused-ring (bicyclic) bond motifs is 1. The summed E-state index contributed by atoms with van der Waals surface area (Å²) >= 11 is 0. The SMILES string of the molecule is COc1cnccc1C(=O)c1cc2ccccc2o1. The van der Waals surface area contributed by atoms with Crippen LogP contribution in [0.25, 0.3) is 11.0 Å². The maximum absolute atomic E-state index is 12.4. The standard InChI is InChI=1S/C15H11NO3/c1-18-14-9-16-7-6-11(14)15(17)13-8-10-4-2-3-5-12(10)19-13/h2-9H,1H3. The van der Waals surface area contributed by atoms with E-state index in [1.165, 1.54) is 13.3 Å². The largest absolute Gasteiger partial charge is 0.494 e.